The predicted molar refractivity (Wildman–Crippen MR) is 102 cm³/mol. The molecule has 128 valence electrons. The van der Waals surface area contributed by atoms with E-state index in [2.05, 4.69) is 64.7 Å². The van der Waals surface area contributed by atoms with Crippen LogP contribution in [0.25, 0.3) is 0 Å². The molecule has 0 radical (unpaired) electrons. The molecular formula is C20H32O2Si. The Morgan fingerprint density at radius 1 is 1.22 bits per heavy atom. The monoisotopic (exact) mass is 332 g/mol. The van der Waals surface area contributed by atoms with E-state index < -0.39 is 8.32 Å². The van der Waals surface area contributed by atoms with Gasteiger partial charge in [0.15, 0.2) is 8.32 Å². The number of rotatable bonds is 8. The molecular weight excluding hydrogens is 300 g/mol. The van der Waals surface area contributed by atoms with Crippen LogP contribution >= 0.6 is 0 Å². The Balaban J connectivity index is 2.94. The molecule has 0 aromatic heterocycles. The molecule has 0 fully saturated rings. The summed E-state index contributed by atoms with van der Waals surface area (Å²) in [6.07, 6.45) is 4.47. The molecule has 0 saturated carbocycles. The second kappa shape index (κ2) is 8.51. The highest BCUT2D eigenvalue weighted by Crippen LogP contribution is 2.38. The SMILES string of the molecule is C=C(/C=C\OCC)C(Cc1ccccc1)O[Si](C)(C)C(C)(C)C. The van der Waals surface area contributed by atoms with E-state index >= 15 is 0 Å². The predicted octanol–water partition coefficient (Wildman–Crippen LogP) is 5.73. The van der Waals surface area contributed by atoms with Gasteiger partial charge in [-0.1, -0.05) is 57.7 Å². The second-order valence-electron chi connectivity index (χ2n) is 7.39. The van der Waals surface area contributed by atoms with Crippen molar-refractivity contribution in [2.75, 3.05) is 6.61 Å². The molecule has 0 aliphatic rings. The molecule has 2 nitrogen and oxygen atoms in total. The smallest absolute Gasteiger partial charge is 0.192 e. The largest absolute Gasteiger partial charge is 0.501 e. The molecule has 0 spiro atoms. The lowest BCUT2D eigenvalue weighted by Gasteiger charge is -2.39. The lowest BCUT2D eigenvalue weighted by molar-refractivity contribution is 0.216. The Kier molecular flexibility index (Phi) is 7.29. The van der Waals surface area contributed by atoms with Crippen LogP contribution in [0.1, 0.15) is 33.3 Å². The van der Waals surface area contributed by atoms with Crippen LogP contribution in [-0.4, -0.2) is 21.0 Å². The van der Waals surface area contributed by atoms with Crippen molar-refractivity contribution in [3.63, 3.8) is 0 Å². The van der Waals surface area contributed by atoms with Gasteiger partial charge in [-0.15, -0.1) is 0 Å². The summed E-state index contributed by atoms with van der Waals surface area (Å²) in [5.41, 5.74) is 2.23. The van der Waals surface area contributed by atoms with Gasteiger partial charge < -0.3 is 9.16 Å². The Hall–Kier alpha value is -1.32. The molecule has 1 aromatic carbocycles. The number of benzene rings is 1. The zero-order valence-corrected chi connectivity index (χ0v) is 16.6. The summed E-state index contributed by atoms with van der Waals surface area (Å²) in [4.78, 5) is 0. The third kappa shape index (κ3) is 6.36. The zero-order valence-electron chi connectivity index (χ0n) is 15.6. The van der Waals surface area contributed by atoms with E-state index in [1.165, 1.54) is 5.56 Å². The second-order valence-corrected chi connectivity index (χ2v) is 12.1. The quantitative estimate of drug-likeness (QED) is 0.344. The lowest BCUT2D eigenvalue weighted by atomic mass is 10.0. The summed E-state index contributed by atoms with van der Waals surface area (Å²) in [7, 11) is -1.87. The molecule has 0 saturated heterocycles. The Morgan fingerprint density at radius 2 is 1.83 bits per heavy atom. The summed E-state index contributed by atoms with van der Waals surface area (Å²) in [5.74, 6) is 0. The topological polar surface area (TPSA) is 18.5 Å². The van der Waals surface area contributed by atoms with Gasteiger partial charge in [0.2, 0.25) is 0 Å². The van der Waals surface area contributed by atoms with Crippen molar-refractivity contribution >= 4 is 8.32 Å². The average molecular weight is 333 g/mol. The van der Waals surface area contributed by atoms with E-state index in [1.807, 2.05) is 19.1 Å². The highest BCUT2D eigenvalue weighted by Gasteiger charge is 2.39. The van der Waals surface area contributed by atoms with Crippen LogP contribution in [-0.2, 0) is 15.6 Å². The Labute approximate surface area is 143 Å². The first-order valence-electron chi connectivity index (χ1n) is 8.36. The van der Waals surface area contributed by atoms with E-state index in [4.69, 9.17) is 9.16 Å². The minimum atomic E-state index is -1.87. The van der Waals surface area contributed by atoms with Gasteiger partial charge >= 0.3 is 0 Å². The zero-order chi connectivity index (χ0) is 17.5. The van der Waals surface area contributed by atoms with E-state index in [9.17, 15) is 0 Å². The van der Waals surface area contributed by atoms with Crippen LogP contribution < -0.4 is 0 Å². The van der Waals surface area contributed by atoms with E-state index in [0.29, 0.717) is 6.61 Å². The molecule has 0 aliphatic heterocycles. The van der Waals surface area contributed by atoms with Crippen molar-refractivity contribution in [3.05, 3.63) is 60.4 Å². The van der Waals surface area contributed by atoms with Gasteiger partial charge in [-0.3, -0.25) is 0 Å². The summed E-state index contributed by atoms with van der Waals surface area (Å²) >= 11 is 0. The molecule has 0 heterocycles. The first-order valence-corrected chi connectivity index (χ1v) is 11.3. The molecule has 1 unspecified atom stereocenters. The number of ether oxygens (including phenoxy) is 1. The molecule has 0 bridgehead atoms. The lowest BCUT2D eigenvalue weighted by Crippen LogP contribution is -2.44. The van der Waals surface area contributed by atoms with Crippen molar-refractivity contribution < 1.29 is 9.16 Å². The summed E-state index contributed by atoms with van der Waals surface area (Å²) < 4.78 is 11.9. The van der Waals surface area contributed by atoms with Gasteiger partial charge in [-0.05, 0) is 42.3 Å². The van der Waals surface area contributed by atoms with Crippen molar-refractivity contribution in [1.29, 1.82) is 0 Å². The van der Waals surface area contributed by atoms with Gasteiger partial charge in [0.05, 0.1) is 19.0 Å². The summed E-state index contributed by atoms with van der Waals surface area (Å²) in [6.45, 7) is 18.2. The third-order valence-corrected chi connectivity index (χ3v) is 8.95. The fraction of sp³-hybridized carbons (Fsp3) is 0.500. The molecule has 0 N–H and O–H groups in total. The molecule has 23 heavy (non-hydrogen) atoms. The van der Waals surface area contributed by atoms with Crippen LogP contribution in [0.3, 0.4) is 0 Å². The third-order valence-electron chi connectivity index (χ3n) is 4.47. The van der Waals surface area contributed by atoms with Crippen LogP contribution in [0.4, 0.5) is 0 Å². The fourth-order valence-corrected chi connectivity index (χ4v) is 3.25. The van der Waals surface area contributed by atoms with E-state index in [1.54, 1.807) is 6.26 Å². The molecule has 3 heteroatoms. The fourth-order valence-electron chi connectivity index (χ4n) is 1.95. The molecule has 1 rings (SSSR count). The van der Waals surface area contributed by atoms with Gasteiger partial charge in [-0.25, -0.2) is 0 Å². The highest BCUT2D eigenvalue weighted by atomic mass is 28.4. The molecule has 0 aliphatic carbocycles. The van der Waals surface area contributed by atoms with E-state index in [0.717, 1.165) is 12.0 Å². The minimum Gasteiger partial charge on any atom is -0.501 e. The first-order chi connectivity index (χ1) is 10.7. The van der Waals surface area contributed by atoms with Crippen molar-refractivity contribution in [3.8, 4) is 0 Å². The number of hydrogen-bond acceptors (Lipinski definition) is 2. The average Bonchev–Trinajstić information content (AvgIpc) is 2.46. The Morgan fingerprint density at radius 3 is 2.35 bits per heavy atom. The van der Waals surface area contributed by atoms with Crippen molar-refractivity contribution in [2.45, 2.75) is 58.4 Å². The molecule has 1 aromatic rings. The maximum Gasteiger partial charge on any atom is 0.192 e. The van der Waals surface area contributed by atoms with Crippen LogP contribution in [0.15, 0.2) is 54.8 Å². The Bertz CT molecular complexity index is 512. The minimum absolute atomic E-state index is 0.0185. The van der Waals surface area contributed by atoms with Crippen molar-refractivity contribution in [1.82, 2.24) is 0 Å². The highest BCUT2D eigenvalue weighted by molar-refractivity contribution is 6.74. The molecule has 0 amide bonds. The van der Waals surface area contributed by atoms with Crippen LogP contribution in [0, 0.1) is 0 Å². The normalized spacial score (nSPS) is 14.0. The van der Waals surface area contributed by atoms with Gasteiger partial charge in [-0.2, -0.15) is 0 Å². The van der Waals surface area contributed by atoms with Crippen LogP contribution in [0.5, 0.6) is 0 Å². The van der Waals surface area contributed by atoms with Crippen LogP contribution in [0.2, 0.25) is 18.1 Å². The number of hydrogen-bond donors (Lipinski definition) is 0. The van der Waals surface area contributed by atoms with Crippen molar-refractivity contribution in [2.24, 2.45) is 0 Å². The van der Waals surface area contributed by atoms with Gasteiger partial charge in [0.1, 0.15) is 0 Å². The van der Waals surface area contributed by atoms with E-state index in [-0.39, 0.29) is 11.1 Å². The maximum atomic E-state index is 6.63. The first kappa shape index (κ1) is 19.7. The van der Waals surface area contributed by atoms with Gasteiger partial charge in [0.25, 0.3) is 0 Å². The summed E-state index contributed by atoms with van der Waals surface area (Å²) in [6, 6.07) is 10.5. The van der Waals surface area contributed by atoms with Gasteiger partial charge in [0, 0.05) is 6.42 Å². The summed E-state index contributed by atoms with van der Waals surface area (Å²) in [5, 5.41) is 0.172. The maximum absolute atomic E-state index is 6.63. The molecule has 1 atom stereocenters. The standard InChI is InChI=1S/C20H32O2Si/c1-8-21-15-14-17(2)19(16-18-12-10-9-11-13-18)22-23(6,7)20(3,4)5/h9-15,19H,2,8,16H2,1,3-7H3/b15-14-.